The van der Waals surface area contributed by atoms with Crippen molar-refractivity contribution in [3.05, 3.63) is 35.9 Å². The monoisotopic (exact) mass is 457 g/mol. The van der Waals surface area contributed by atoms with Crippen LogP contribution in [0, 0.1) is 5.92 Å². The number of amides is 1. The van der Waals surface area contributed by atoms with Crippen LogP contribution in [0.5, 0.6) is 0 Å². The van der Waals surface area contributed by atoms with Gasteiger partial charge >= 0.3 is 27.9 Å². The summed E-state index contributed by atoms with van der Waals surface area (Å²) in [6, 6.07) is 10.6. The molecule has 2 aliphatic heterocycles. The summed E-state index contributed by atoms with van der Waals surface area (Å²) in [6.07, 6.45) is -0.218. The Bertz CT molecular complexity index is 563. The van der Waals surface area contributed by atoms with Gasteiger partial charge in [-0.3, -0.25) is 4.90 Å². The normalized spacial score (nSPS) is 22.0. The Kier molecular flexibility index (Phi) is 11.1. The second kappa shape index (κ2) is 12.5. The molecule has 6 heteroatoms. The van der Waals surface area contributed by atoms with Gasteiger partial charge in [-0.15, -0.1) is 0 Å². The van der Waals surface area contributed by atoms with Crippen molar-refractivity contribution >= 4 is 22.1 Å². The Morgan fingerprint density at radius 3 is 2.36 bits per heavy atom. The van der Waals surface area contributed by atoms with Crippen molar-refractivity contribution in [2.24, 2.45) is 5.92 Å². The predicted molar refractivity (Wildman–Crippen MR) is 116 cm³/mol. The number of nitrogens with zero attached hydrogens (tertiary/aromatic N) is 2. The first-order valence-corrected chi connectivity index (χ1v) is 11.9. The topological polar surface area (TPSA) is 42.0 Å². The molecule has 0 spiro atoms. The van der Waals surface area contributed by atoms with Gasteiger partial charge in [0.2, 0.25) is 0 Å². The second-order valence-electron chi connectivity index (χ2n) is 7.87. The molecule has 2 unspecified atom stereocenters. The van der Waals surface area contributed by atoms with Crippen LogP contribution in [-0.4, -0.2) is 76.4 Å². The molecule has 0 aromatic heterocycles. The summed E-state index contributed by atoms with van der Waals surface area (Å²) >= 11 is 2.62. The average Bonchev–Trinajstić information content (AvgIpc) is 2.95. The van der Waals surface area contributed by atoms with Crippen LogP contribution in [-0.2, 0) is 16.0 Å². The molecule has 0 aliphatic carbocycles. The van der Waals surface area contributed by atoms with Crippen LogP contribution in [0.2, 0.25) is 5.82 Å². The molecular weight excluding hydrogens is 419 g/mol. The van der Waals surface area contributed by atoms with Crippen LogP contribution < -0.4 is 0 Å². The Hall–Kier alpha value is -1.07. The van der Waals surface area contributed by atoms with E-state index in [9.17, 15) is 4.79 Å². The minimum atomic E-state index is -0.470. The van der Waals surface area contributed by atoms with E-state index in [1.807, 2.05) is 51.4 Å². The molecule has 1 amide bonds. The van der Waals surface area contributed by atoms with Gasteiger partial charge in [-0.1, -0.05) is 44.2 Å². The average molecular weight is 457 g/mol. The third-order valence-electron chi connectivity index (χ3n) is 4.42. The molecule has 1 aromatic rings. The van der Waals surface area contributed by atoms with Crippen molar-refractivity contribution in [2.45, 2.75) is 58.6 Å². The zero-order valence-corrected chi connectivity index (χ0v) is 20.0. The van der Waals surface area contributed by atoms with E-state index in [0.717, 1.165) is 19.6 Å². The van der Waals surface area contributed by atoms with Gasteiger partial charge in [-0.05, 0) is 26.3 Å². The molecule has 2 fully saturated rings. The van der Waals surface area contributed by atoms with Gasteiger partial charge < -0.3 is 14.4 Å². The fourth-order valence-electron chi connectivity index (χ4n) is 3.45. The quantitative estimate of drug-likeness (QED) is 0.632. The van der Waals surface area contributed by atoms with E-state index in [0.29, 0.717) is 25.7 Å². The minimum absolute atomic E-state index is 0.0519. The third kappa shape index (κ3) is 8.12. The van der Waals surface area contributed by atoms with Gasteiger partial charge in [0, 0.05) is 32.1 Å². The van der Waals surface area contributed by atoms with Crippen LogP contribution in [0.4, 0.5) is 4.79 Å². The first-order chi connectivity index (χ1) is 13.4. The molecule has 1 aromatic carbocycles. The predicted octanol–water partition coefficient (Wildman–Crippen LogP) is 3.98. The Balaban J connectivity index is 0.000000921. The molecule has 159 valence electrons. The summed E-state index contributed by atoms with van der Waals surface area (Å²) in [5.74, 6) is 2.20. The standard InChI is InChI=1S/C19H28N2O3.C2H6.CH3Se/c1-19(2,3)24-18(22)21-11-16-10-20(12-17(21)14-23-13-16)9-15-7-5-4-6-8-15;2*1-2/h4-8,16-17H,9-14H2,1-3H3;1-2H3;1H3. The van der Waals surface area contributed by atoms with Gasteiger partial charge in [-0.2, -0.15) is 0 Å². The number of hydrogen-bond donors (Lipinski definition) is 0. The van der Waals surface area contributed by atoms with Crippen molar-refractivity contribution in [1.29, 1.82) is 0 Å². The first kappa shape index (κ1) is 25.0. The molecule has 2 saturated heterocycles. The summed E-state index contributed by atoms with van der Waals surface area (Å²) in [6.45, 7) is 14.4. The maximum atomic E-state index is 12.6. The molecule has 3 rings (SSSR count). The summed E-state index contributed by atoms with van der Waals surface area (Å²) in [5, 5.41) is 0. The van der Waals surface area contributed by atoms with E-state index in [1.54, 1.807) is 0 Å². The second-order valence-corrected chi connectivity index (χ2v) is 7.87. The number of rotatable bonds is 2. The van der Waals surface area contributed by atoms with E-state index >= 15 is 0 Å². The van der Waals surface area contributed by atoms with Crippen molar-refractivity contribution < 1.29 is 14.3 Å². The van der Waals surface area contributed by atoms with E-state index in [1.165, 1.54) is 5.56 Å². The van der Waals surface area contributed by atoms with Crippen LogP contribution in [0.15, 0.2) is 30.3 Å². The van der Waals surface area contributed by atoms with Crippen molar-refractivity contribution in [2.75, 3.05) is 32.8 Å². The number of fused-ring (bicyclic) bond motifs is 3. The molecule has 2 bridgehead atoms. The van der Waals surface area contributed by atoms with Crippen molar-refractivity contribution in [1.82, 2.24) is 9.80 Å². The van der Waals surface area contributed by atoms with Crippen LogP contribution in [0.3, 0.4) is 0 Å². The van der Waals surface area contributed by atoms with Crippen LogP contribution >= 0.6 is 0 Å². The summed E-state index contributed by atoms with van der Waals surface area (Å²) in [5.41, 5.74) is 0.837. The fourth-order valence-corrected chi connectivity index (χ4v) is 3.45. The van der Waals surface area contributed by atoms with E-state index in [-0.39, 0.29) is 12.1 Å². The molecule has 5 nitrogen and oxygen atoms in total. The van der Waals surface area contributed by atoms with Crippen LogP contribution in [0.25, 0.3) is 0 Å². The van der Waals surface area contributed by atoms with E-state index < -0.39 is 5.60 Å². The van der Waals surface area contributed by atoms with Gasteiger partial charge in [0.25, 0.3) is 0 Å². The van der Waals surface area contributed by atoms with Gasteiger partial charge in [-0.25, -0.2) is 4.79 Å². The number of benzene rings is 1. The number of hydrogen-bond acceptors (Lipinski definition) is 4. The van der Waals surface area contributed by atoms with E-state index in [4.69, 9.17) is 9.47 Å². The van der Waals surface area contributed by atoms with Crippen molar-refractivity contribution in [3.63, 3.8) is 0 Å². The van der Waals surface area contributed by atoms with Crippen molar-refractivity contribution in [3.8, 4) is 0 Å². The number of ether oxygens (including phenoxy) is 2. The van der Waals surface area contributed by atoms with Crippen LogP contribution in [0.1, 0.15) is 40.2 Å². The zero-order valence-electron chi connectivity index (χ0n) is 18.3. The molecule has 28 heavy (non-hydrogen) atoms. The van der Waals surface area contributed by atoms with Gasteiger partial charge in [0.15, 0.2) is 0 Å². The summed E-state index contributed by atoms with van der Waals surface area (Å²) in [4.78, 5) is 16.9. The van der Waals surface area contributed by atoms with Gasteiger partial charge in [0.1, 0.15) is 5.60 Å². The molecule has 1 radical (unpaired) electrons. The van der Waals surface area contributed by atoms with Gasteiger partial charge in [0.05, 0.1) is 19.3 Å². The third-order valence-corrected chi connectivity index (χ3v) is 4.42. The summed E-state index contributed by atoms with van der Waals surface area (Å²) < 4.78 is 11.4. The first-order valence-electron chi connectivity index (χ1n) is 10.2. The molecule has 0 saturated carbocycles. The fraction of sp³-hybridized carbons (Fsp3) is 0.682. The zero-order chi connectivity index (χ0) is 21.2. The maximum absolute atomic E-state index is 12.6. The SMILES string of the molecule is CC.CC(C)(C)OC(=O)N1CC2COCC1CN(Cc1ccccc1)C2.C[Se]. The summed E-state index contributed by atoms with van der Waals surface area (Å²) in [7, 11) is 0. The molecular formula is C22H37N2O3Se. The Morgan fingerprint density at radius 2 is 1.75 bits per heavy atom. The Morgan fingerprint density at radius 1 is 1.11 bits per heavy atom. The molecule has 0 N–H and O–H groups in total. The van der Waals surface area contributed by atoms with E-state index in [2.05, 4.69) is 45.2 Å². The number of carbonyl (C=O) groups excluding carboxylic acids is 1. The Labute approximate surface area is 179 Å². The molecule has 2 aliphatic rings. The molecule has 2 atom stereocenters. The number of carbonyl (C=O) groups is 1. The molecule has 2 heterocycles.